The van der Waals surface area contributed by atoms with Gasteiger partial charge >= 0.3 is 23.1 Å². The average Bonchev–Trinajstić information content (AvgIpc) is 3.37. The first-order valence-electron chi connectivity index (χ1n) is 14.1. The summed E-state index contributed by atoms with van der Waals surface area (Å²) in [7, 11) is -5.43. The third-order valence-corrected chi connectivity index (χ3v) is 21.3. The summed E-state index contributed by atoms with van der Waals surface area (Å²) < 4.78 is 46.8. The van der Waals surface area contributed by atoms with Crippen molar-refractivity contribution in [2.24, 2.45) is 0 Å². The first-order chi connectivity index (χ1) is 17.8. The largest absolute Gasteiger partial charge is 0.497 e. The second-order valence-corrected chi connectivity index (χ2v) is 22.9. The monoisotopic (exact) mass is 582 g/mol. The van der Waals surface area contributed by atoms with Gasteiger partial charge in [0.15, 0.2) is 0 Å². The summed E-state index contributed by atoms with van der Waals surface area (Å²) in [5.74, 6) is 0.482. The molecule has 0 radical (unpaired) electrons. The van der Waals surface area contributed by atoms with E-state index in [-0.39, 0.29) is 34.0 Å². The van der Waals surface area contributed by atoms with Crippen LogP contribution in [-0.4, -0.2) is 63.2 Å². The Balaban J connectivity index is 1.79. The predicted octanol–water partition coefficient (Wildman–Crippen LogP) is 6.23. The van der Waals surface area contributed by atoms with Crippen molar-refractivity contribution in [1.82, 2.24) is 0 Å². The van der Waals surface area contributed by atoms with E-state index >= 15 is 0 Å². The fourth-order valence-electron chi connectivity index (χ4n) is 6.82. The third kappa shape index (κ3) is 4.77. The van der Waals surface area contributed by atoms with E-state index in [2.05, 4.69) is 55.4 Å². The molecule has 1 aromatic rings. The SMILES string of the molecule is COc1ccc(C(=O)O[C@H]2C[S@@](=O)C34CCC[C@H]3O[Si](C(C)C)(C(C)C)O[Si](C(C)C)(C(C)C)O[C@@H]24)cc1. The molecule has 0 aromatic heterocycles. The summed E-state index contributed by atoms with van der Waals surface area (Å²) in [6.07, 6.45) is 1.08. The molecule has 5 atom stereocenters. The molecule has 3 fully saturated rings. The van der Waals surface area contributed by atoms with Crippen LogP contribution in [0.1, 0.15) is 85.0 Å². The van der Waals surface area contributed by atoms with Crippen LogP contribution in [-0.2, 0) is 28.5 Å². The Morgan fingerprint density at radius 2 is 1.50 bits per heavy atom. The van der Waals surface area contributed by atoms with Gasteiger partial charge in [-0.25, -0.2) is 4.79 Å². The first kappa shape index (κ1) is 29.9. The number of rotatable bonds is 7. The normalized spacial score (nSPS) is 32.2. The van der Waals surface area contributed by atoms with Crippen LogP contribution >= 0.6 is 0 Å². The van der Waals surface area contributed by atoms with Gasteiger partial charge in [0.25, 0.3) is 0 Å². The second-order valence-electron chi connectivity index (χ2n) is 12.3. The summed E-state index contributed by atoms with van der Waals surface area (Å²) in [6, 6.07) is 6.87. The van der Waals surface area contributed by atoms with Gasteiger partial charge in [-0.1, -0.05) is 55.4 Å². The predicted molar refractivity (Wildman–Crippen MR) is 155 cm³/mol. The minimum atomic E-state index is -2.95. The van der Waals surface area contributed by atoms with Crippen molar-refractivity contribution in [1.29, 1.82) is 0 Å². The zero-order chi connectivity index (χ0) is 28.0. The molecule has 1 spiro atoms. The van der Waals surface area contributed by atoms with E-state index in [0.717, 1.165) is 19.3 Å². The van der Waals surface area contributed by atoms with Crippen LogP contribution in [0.3, 0.4) is 0 Å². The smallest absolute Gasteiger partial charge is 0.338 e. The van der Waals surface area contributed by atoms with Gasteiger partial charge in [0.2, 0.25) is 0 Å². The number of esters is 1. The van der Waals surface area contributed by atoms with E-state index in [4.69, 9.17) is 22.4 Å². The van der Waals surface area contributed by atoms with Crippen LogP contribution < -0.4 is 4.74 Å². The van der Waals surface area contributed by atoms with Gasteiger partial charge in [0.05, 0.1) is 29.3 Å². The van der Waals surface area contributed by atoms with Gasteiger partial charge in [-0.3, -0.25) is 4.21 Å². The quantitative estimate of drug-likeness (QED) is 0.278. The zero-order valence-electron chi connectivity index (χ0n) is 24.4. The van der Waals surface area contributed by atoms with Crippen molar-refractivity contribution in [3.05, 3.63) is 29.8 Å². The Kier molecular flexibility index (Phi) is 8.73. The molecule has 38 heavy (non-hydrogen) atoms. The molecule has 2 heterocycles. The Bertz CT molecular complexity index is 1010. The lowest BCUT2D eigenvalue weighted by atomic mass is 9.94. The first-order valence-corrected chi connectivity index (χ1v) is 19.4. The summed E-state index contributed by atoms with van der Waals surface area (Å²) >= 11 is 0. The van der Waals surface area contributed by atoms with Gasteiger partial charge in [-0.05, 0) is 65.7 Å². The van der Waals surface area contributed by atoms with E-state index < -0.39 is 50.8 Å². The van der Waals surface area contributed by atoms with E-state index in [1.54, 1.807) is 31.4 Å². The molecule has 2 aliphatic heterocycles. The number of hydrogen-bond donors (Lipinski definition) is 0. The molecule has 1 unspecified atom stereocenters. The van der Waals surface area contributed by atoms with Crippen molar-refractivity contribution in [3.63, 3.8) is 0 Å². The Labute approximate surface area is 233 Å². The maximum absolute atomic E-state index is 14.1. The van der Waals surface area contributed by atoms with Crippen LogP contribution in [0.25, 0.3) is 0 Å². The molecule has 1 saturated carbocycles. The van der Waals surface area contributed by atoms with Crippen molar-refractivity contribution in [2.45, 2.75) is 120 Å². The number of ether oxygens (including phenoxy) is 2. The van der Waals surface area contributed by atoms with Crippen molar-refractivity contribution in [3.8, 4) is 5.75 Å². The molecule has 1 aliphatic carbocycles. The van der Waals surface area contributed by atoms with Crippen LogP contribution in [0, 0.1) is 0 Å². The zero-order valence-corrected chi connectivity index (χ0v) is 27.3. The minimum absolute atomic E-state index is 0.137. The molecular weight excluding hydrogens is 537 g/mol. The molecule has 214 valence electrons. The molecule has 2 saturated heterocycles. The lowest BCUT2D eigenvalue weighted by Gasteiger charge is -2.55. The number of benzene rings is 1. The van der Waals surface area contributed by atoms with E-state index in [1.165, 1.54) is 0 Å². The third-order valence-electron chi connectivity index (χ3n) is 8.90. The Hall–Kier alpha value is -1.05. The van der Waals surface area contributed by atoms with Crippen LogP contribution in [0.15, 0.2) is 24.3 Å². The fourth-order valence-corrected chi connectivity index (χ4v) is 20.6. The van der Waals surface area contributed by atoms with Crippen molar-refractivity contribution in [2.75, 3.05) is 12.9 Å². The average molecular weight is 583 g/mol. The Morgan fingerprint density at radius 3 is 2.03 bits per heavy atom. The van der Waals surface area contributed by atoms with Crippen LogP contribution in [0.5, 0.6) is 5.75 Å². The highest BCUT2D eigenvalue weighted by molar-refractivity contribution is 7.87. The minimum Gasteiger partial charge on any atom is -0.497 e. The number of methoxy groups -OCH3 is 1. The van der Waals surface area contributed by atoms with Gasteiger partial charge < -0.3 is 22.4 Å². The van der Waals surface area contributed by atoms with Gasteiger partial charge in [-0.2, -0.15) is 0 Å². The summed E-state index contributed by atoms with van der Waals surface area (Å²) in [6.45, 7) is 17.5. The molecule has 0 amide bonds. The van der Waals surface area contributed by atoms with Gasteiger partial charge in [0, 0.05) is 10.8 Å². The van der Waals surface area contributed by atoms with Crippen molar-refractivity contribution >= 4 is 33.9 Å². The van der Waals surface area contributed by atoms with Gasteiger partial charge in [0.1, 0.15) is 18.0 Å². The topological polar surface area (TPSA) is 80.3 Å². The molecule has 3 aliphatic rings. The lowest BCUT2D eigenvalue weighted by molar-refractivity contribution is -0.0487. The standard InChI is InChI=1S/C28H46O7SSi2/c1-18(2)37(19(3)4)33-25-11-10-16-28(25)26(34-38(35-37,20(5)6)21(7)8)24(17-36(28)30)32-27(29)22-12-14-23(31-9)15-13-22/h12-15,18-21,24-26H,10-11,16-17H2,1-9H3/t24-,25+,26-,28?,36+/m0/s1. The summed E-state index contributed by atoms with van der Waals surface area (Å²) in [4.78, 5) is 13.3. The van der Waals surface area contributed by atoms with Crippen LogP contribution in [0.2, 0.25) is 22.2 Å². The maximum Gasteiger partial charge on any atom is 0.338 e. The highest BCUT2D eigenvalue weighted by atomic mass is 32.2. The van der Waals surface area contributed by atoms with Crippen molar-refractivity contribution < 1.29 is 31.4 Å². The fraction of sp³-hybridized carbons (Fsp3) is 0.750. The van der Waals surface area contributed by atoms with Crippen LogP contribution in [0.4, 0.5) is 0 Å². The molecule has 1 aromatic carbocycles. The Morgan fingerprint density at radius 1 is 0.947 bits per heavy atom. The second kappa shape index (κ2) is 11.1. The highest BCUT2D eigenvalue weighted by Crippen LogP contribution is 2.55. The summed E-state index contributed by atoms with van der Waals surface area (Å²) in [5, 5.41) is 0. The van der Waals surface area contributed by atoms with E-state index in [1.807, 2.05) is 0 Å². The lowest BCUT2D eigenvalue weighted by Crippen LogP contribution is -2.70. The molecule has 10 heteroatoms. The molecule has 0 bridgehead atoms. The molecular formula is C28H46O7SSi2. The molecule has 0 N–H and O–H groups in total. The number of carbonyl (C=O) groups is 1. The van der Waals surface area contributed by atoms with E-state index in [9.17, 15) is 9.00 Å². The maximum atomic E-state index is 14.1. The summed E-state index contributed by atoms with van der Waals surface area (Å²) in [5.41, 5.74) is 1.13. The van der Waals surface area contributed by atoms with Gasteiger partial charge in [-0.15, -0.1) is 0 Å². The number of carbonyl (C=O) groups excluding carboxylic acids is 1. The highest BCUT2D eigenvalue weighted by Gasteiger charge is 2.70. The van der Waals surface area contributed by atoms with E-state index in [0.29, 0.717) is 11.3 Å². The molecule has 4 rings (SSSR count). The number of hydrogen-bond acceptors (Lipinski definition) is 7. The molecule has 7 nitrogen and oxygen atoms in total.